The van der Waals surface area contributed by atoms with Crippen molar-refractivity contribution in [3.05, 3.63) is 113 Å². The summed E-state index contributed by atoms with van der Waals surface area (Å²) in [7, 11) is 1.91. The highest BCUT2D eigenvalue weighted by atomic mass is 35.5. The third-order valence-electron chi connectivity index (χ3n) is 8.32. The quantitative estimate of drug-likeness (QED) is 0.195. The van der Waals surface area contributed by atoms with Crippen LogP contribution in [0.1, 0.15) is 61.6 Å². The SMILES string of the molecule is CC(CNC(=O)/C=C/c1ccc(Cl)cc1)N[C@@H](CCCN1CCCCC1)C(=O)N(C)CC(c1ccccc1)c1ccccc1. The molecular formula is C37H47ClN4O2. The van der Waals surface area contributed by atoms with E-state index in [4.69, 9.17) is 11.6 Å². The van der Waals surface area contributed by atoms with E-state index in [-0.39, 0.29) is 29.8 Å². The number of nitrogens with one attached hydrogen (secondary N) is 2. The molecule has 0 aromatic heterocycles. The smallest absolute Gasteiger partial charge is 0.244 e. The van der Waals surface area contributed by atoms with Crippen LogP contribution >= 0.6 is 11.6 Å². The zero-order valence-electron chi connectivity index (χ0n) is 26.1. The summed E-state index contributed by atoms with van der Waals surface area (Å²) in [5.41, 5.74) is 3.29. The summed E-state index contributed by atoms with van der Waals surface area (Å²) in [5, 5.41) is 7.19. The summed E-state index contributed by atoms with van der Waals surface area (Å²) in [5.74, 6) is -0.0157. The molecule has 1 unspecified atom stereocenters. The molecule has 234 valence electrons. The molecule has 2 amide bonds. The minimum absolute atomic E-state index is 0.0736. The molecular weight excluding hydrogens is 568 g/mol. The second kappa shape index (κ2) is 17.7. The lowest BCUT2D eigenvalue weighted by Crippen LogP contribution is -2.51. The van der Waals surface area contributed by atoms with Gasteiger partial charge in [0.2, 0.25) is 11.8 Å². The molecule has 0 radical (unpaired) electrons. The second-order valence-electron chi connectivity index (χ2n) is 11.9. The van der Waals surface area contributed by atoms with Gasteiger partial charge in [0.25, 0.3) is 0 Å². The monoisotopic (exact) mass is 614 g/mol. The highest BCUT2D eigenvalue weighted by Crippen LogP contribution is 2.26. The van der Waals surface area contributed by atoms with E-state index >= 15 is 0 Å². The van der Waals surface area contributed by atoms with Crippen LogP contribution < -0.4 is 10.6 Å². The number of benzene rings is 3. The number of carbonyl (C=O) groups is 2. The van der Waals surface area contributed by atoms with E-state index in [0.717, 1.165) is 38.0 Å². The number of carbonyl (C=O) groups excluding carboxylic acids is 2. The Morgan fingerprint density at radius 2 is 1.52 bits per heavy atom. The van der Waals surface area contributed by atoms with Crippen LogP contribution in [-0.4, -0.2) is 73.5 Å². The molecule has 1 heterocycles. The van der Waals surface area contributed by atoms with Crippen LogP contribution in [0.5, 0.6) is 0 Å². The van der Waals surface area contributed by atoms with Crippen LogP contribution in [0.15, 0.2) is 91.0 Å². The van der Waals surface area contributed by atoms with Gasteiger partial charge in [-0.1, -0.05) is 90.8 Å². The zero-order chi connectivity index (χ0) is 31.1. The fraction of sp³-hybridized carbons (Fsp3) is 0.405. The number of likely N-dealkylation sites (N-methyl/N-ethyl adjacent to an activating group) is 1. The average molecular weight is 615 g/mol. The maximum atomic E-state index is 14.0. The largest absolute Gasteiger partial charge is 0.351 e. The first-order valence-electron chi connectivity index (χ1n) is 15.9. The van der Waals surface area contributed by atoms with E-state index in [1.54, 1.807) is 18.2 Å². The van der Waals surface area contributed by atoms with Crippen LogP contribution in [0.2, 0.25) is 5.02 Å². The van der Waals surface area contributed by atoms with Crippen molar-refractivity contribution in [1.82, 2.24) is 20.4 Å². The second-order valence-corrected chi connectivity index (χ2v) is 12.3. The Hall–Kier alpha value is -3.45. The predicted octanol–water partition coefficient (Wildman–Crippen LogP) is 6.37. The molecule has 3 aromatic rings. The molecule has 0 saturated carbocycles. The Morgan fingerprint density at radius 1 is 0.909 bits per heavy atom. The Labute approximate surface area is 268 Å². The fourth-order valence-corrected chi connectivity index (χ4v) is 5.97. The number of likely N-dealkylation sites (tertiary alicyclic amines) is 1. The van der Waals surface area contributed by atoms with Crippen LogP contribution in [0, 0.1) is 0 Å². The first-order chi connectivity index (χ1) is 21.4. The molecule has 0 bridgehead atoms. The molecule has 2 N–H and O–H groups in total. The molecule has 0 aliphatic carbocycles. The van der Waals surface area contributed by atoms with Gasteiger partial charge in [0, 0.05) is 43.2 Å². The highest BCUT2D eigenvalue weighted by molar-refractivity contribution is 6.30. The van der Waals surface area contributed by atoms with E-state index in [0.29, 0.717) is 18.1 Å². The molecule has 7 heteroatoms. The van der Waals surface area contributed by atoms with E-state index in [2.05, 4.69) is 64.1 Å². The number of nitrogens with zero attached hydrogens (tertiary/aromatic N) is 2. The maximum absolute atomic E-state index is 14.0. The lowest BCUT2D eigenvalue weighted by molar-refractivity contribution is -0.132. The molecule has 44 heavy (non-hydrogen) atoms. The molecule has 6 nitrogen and oxygen atoms in total. The van der Waals surface area contributed by atoms with Gasteiger partial charge in [-0.2, -0.15) is 0 Å². The Kier molecular flexibility index (Phi) is 13.5. The summed E-state index contributed by atoms with van der Waals surface area (Å²) in [6, 6.07) is 27.7. The molecule has 2 atom stereocenters. The third kappa shape index (κ3) is 10.9. The van der Waals surface area contributed by atoms with E-state index in [9.17, 15) is 9.59 Å². The van der Waals surface area contributed by atoms with E-state index < -0.39 is 0 Å². The number of hydrogen-bond donors (Lipinski definition) is 2. The van der Waals surface area contributed by atoms with Crippen LogP contribution in [0.3, 0.4) is 0 Å². The number of rotatable bonds is 15. The van der Waals surface area contributed by atoms with Crippen molar-refractivity contribution in [2.24, 2.45) is 0 Å². The number of hydrogen-bond acceptors (Lipinski definition) is 4. The fourth-order valence-electron chi connectivity index (χ4n) is 5.84. The van der Waals surface area contributed by atoms with Gasteiger partial charge < -0.3 is 20.4 Å². The van der Waals surface area contributed by atoms with Gasteiger partial charge in [-0.05, 0) is 87.1 Å². The Bertz CT molecular complexity index is 1270. The van der Waals surface area contributed by atoms with Crippen LogP contribution in [0.4, 0.5) is 0 Å². The summed E-state index contributed by atoms with van der Waals surface area (Å²) in [6.45, 7) is 6.32. The summed E-state index contributed by atoms with van der Waals surface area (Å²) >= 11 is 5.95. The highest BCUT2D eigenvalue weighted by Gasteiger charge is 2.27. The van der Waals surface area contributed by atoms with Crippen molar-refractivity contribution in [2.75, 3.05) is 39.8 Å². The van der Waals surface area contributed by atoms with Crippen molar-refractivity contribution in [1.29, 1.82) is 0 Å². The normalized spacial score (nSPS) is 15.3. The van der Waals surface area contributed by atoms with Gasteiger partial charge in [0.15, 0.2) is 0 Å². The molecule has 1 saturated heterocycles. The molecule has 3 aromatic carbocycles. The van der Waals surface area contributed by atoms with Gasteiger partial charge in [-0.3, -0.25) is 9.59 Å². The van der Waals surface area contributed by atoms with Gasteiger partial charge in [-0.15, -0.1) is 0 Å². The van der Waals surface area contributed by atoms with Gasteiger partial charge >= 0.3 is 0 Å². The maximum Gasteiger partial charge on any atom is 0.244 e. The van der Waals surface area contributed by atoms with Crippen molar-refractivity contribution in [3.63, 3.8) is 0 Å². The standard InChI is InChI=1S/C37H47ClN4O2/c1-29(27-39-36(43)23-20-30-18-21-33(38)22-19-30)40-35(17-12-26-42-24-10-5-11-25-42)37(44)41(2)28-34(31-13-6-3-7-14-31)32-15-8-4-9-16-32/h3-4,6-9,13-16,18-23,29,34-35,40H,5,10-12,17,24-28H2,1-2H3,(H,39,43)/b23-20+/t29?,35-/m0/s1. The van der Waals surface area contributed by atoms with Gasteiger partial charge in [0.05, 0.1) is 6.04 Å². The minimum atomic E-state index is -0.339. The number of piperidine rings is 1. The minimum Gasteiger partial charge on any atom is -0.351 e. The van der Waals surface area contributed by atoms with Crippen molar-refractivity contribution >= 4 is 29.5 Å². The first-order valence-corrected chi connectivity index (χ1v) is 16.3. The zero-order valence-corrected chi connectivity index (χ0v) is 26.9. The van der Waals surface area contributed by atoms with Gasteiger partial charge in [-0.25, -0.2) is 0 Å². The lowest BCUT2D eigenvalue weighted by atomic mass is 9.90. The summed E-state index contributed by atoms with van der Waals surface area (Å²) in [4.78, 5) is 30.9. The van der Waals surface area contributed by atoms with Crippen LogP contribution in [0.25, 0.3) is 6.08 Å². The molecule has 1 aliphatic rings. The van der Waals surface area contributed by atoms with Gasteiger partial charge in [0.1, 0.15) is 0 Å². The van der Waals surface area contributed by atoms with E-state index in [1.165, 1.54) is 36.5 Å². The van der Waals surface area contributed by atoms with Crippen molar-refractivity contribution in [3.8, 4) is 0 Å². The molecule has 1 fully saturated rings. The van der Waals surface area contributed by atoms with Crippen molar-refractivity contribution in [2.45, 2.75) is 57.0 Å². The predicted molar refractivity (Wildman–Crippen MR) is 182 cm³/mol. The Balaban J connectivity index is 1.38. The average Bonchev–Trinajstić information content (AvgIpc) is 3.06. The number of halogens is 1. The summed E-state index contributed by atoms with van der Waals surface area (Å²) < 4.78 is 0. The third-order valence-corrected chi connectivity index (χ3v) is 8.57. The molecule has 1 aliphatic heterocycles. The topological polar surface area (TPSA) is 64.7 Å². The number of amides is 2. The Morgan fingerprint density at radius 3 is 2.14 bits per heavy atom. The summed E-state index contributed by atoms with van der Waals surface area (Å²) in [6.07, 6.45) is 8.81. The first kappa shape index (κ1) is 33.4. The van der Waals surface area contributed by atoms with E-state index in [1.807, 2.05) is 43.1 Å². The lowest BCUT2D eigenvalue weighted by Gasteiger charge is -2.31. The molecule has 0 spiro atoms. The molecule has 4 rings (SSSR count). The van der Waals surface area contributed by atoms with Crippen LogP contribution in [-0.2, 0) is 9.59 Å². The van der Waals surface area contributed by atoms with Crippen molar-refractivity contribution < 1.29 is 9.59 Å².